The molecule has 5 nitrogen and oxygen atoms in total. The first-order valence-electron chi connectivity index (χ1n) is 9.96. The van der Waals surface area contributed by atoms with Crippen molar-refractivity contribution in [3.8, 4) is 0 Å². The predicted molar refractivity (Wildman–Crippen MR) is 124 cm³/mol. The minimum Gasteiger partial charge on any atom is -0.357 e. The summed E-state index contributed by atoms with van der Waals surface area (Å²) in [7, 11) is 0. The molecule has 2 rings (SSSR count). The van der Waals surface area contributed by atoms with E-state index in [1.54, 1.807) is 0 Å². The Hall–Kier alpha value is -1.31. The van der Waals surface area contributed by atoms with E-state index in [-0.39, 0.29) is 35.9 Å². The number of likely N-dealkylation sites (tertiary alicyclic amines) is 1. The molecule has 1 atom stereocenters. The average Bonchev–Trinajstić information content (AvgIpc) is 2.66. The number of hydrogen-bond donors (Lipinski definition) is 2. The van der Waals surface area contributed by atoms with Gasteiger partial charge in [0.05, 0.1) is 6.54 Å². The number of guanidine groups is 1. The van der Waals surface area contributed by atoms with Crippen molar-refractivity contribution < 1.29 is 4.79 Å². The second kappa shape index (κ2) is 12.2. The molecular weight excluding hydrogens is 451 g/mol. The molecule has 0 saturated carbocycles. The molecular formula is C21H35IN4O. The standard InChI is InChI=1S/C21H34N4O.HI/c1-5-17(4)24-20(26)19-9-7-18(8-10-19)15-23-21(22-6-2)25-13-11-16(3)12-14-25;/h7-10,16-17H,5-6,11-15H2,1-4H3,(H,22,23)(H,24,26);1H. The van der Waals surface area contributed by atoms with Crippen LogP contribution in [0.1, 0.15) is 62.9 Å². The van der Waals surface area contributed by atoms with Crippen LogP contribution >= 0.6 is 24.0 Å². The van der Waals surface area contributed by atoms with Crippen LogP contribution in [0.3, 0.4) is 0 Å². The summed E-state index contributed by atoms with van der Waals surface area (Å²) in [6.45, 7) is 12.2. The highest BCUT2D eigenvalue weighted by Crippen LogP contribution is 2.16. The summed E-state index contributed by atoms with van der Waals surface area (Å²) in [5.41, 5.74) is 1.82. The number of nitrogens with one attached hydrogen (secondary N) is 2. The van der Waals surface area contributed by atoms with Gasteiger partial charge in [0.2, 0.25) is 0 Å². The van der Waals surface area contributed by atoms with Gasteiger partial charge < -0.3 is 15.5 Å². The largest absolute Gasteiger partial charge is 0.357 e. The highest BCUT2D eigenvalue weighted by atomic mass is 127. The maximum Gasteiger partial charge on any atom is 0.251 e. The Bertz CT molecular complexity index is 595. The number of rotatable bonds is 6. The Labute approximate surface area is 181 Å². The molecule has 1 saturated heterocycles. The van der Waals surface area contributed by atoms with Gasteiger partial charge in [-0.15, -0.1) is 24.0 Å². The topological polar surface area (TPSA) is 56.7 Å². The van der Waals surface area contributed by atoms with Crippen LogP contribution in [0.5, 0.6) is 0 Å². The molecule has 1 unspecified atom stereocenters. The number of piperidine rings is 1. The Balaban J connectivity index is 0.00000364. The van der Waals surface area contributed by atoms with Gasteiger partial charge in [0.15, 0.2) is 5.96 Å². The zero-order valence-corrected chi connectivity index (χ0v) is 19.5. The third-order valence-electron chi connectivity index (χ3n) is 5.04. The summed E-state index contributed by atoms with van der Waals surface area (Å²) in [6.07, 6.45) is 3.38. The van der Waals surface area contributed by atoms with Crippen molar-refractivity contribution >= 4 is 35.8 Å². The van der Waals surface area contributed by atoms with Crippen LogP contribution in [-0.4, -0.2) is 42.4 Å². The SMILES string of the molecule is CCNC(=NCc1ccc(C(=O)NC(C)CC)cc1)N1CCC(C)CC1.I. The molecule has 1 aromatic rings. The average molecular weight is 486 g/mol. The Morgan fingerprint density at radius 2 is 1.85 bits per heavy atom. The van der Waals surface area contributed by atoms with E-state index >= 15 is 0 Å². The van der Waals surface area contributed by atoms with Gasteiger partial charge in [-0.25, -0.2) is 4.99 Å². The quantitative estimate of drug-likeness (QED) is 0.363. The maximum absolute atomic E-state index is 12.2. The molecule has 0 aliphatic carbocycles. The normalized spacial score (nSPS) is 16.4. The first-order chi connectivity index (χ1) is 12.5. The fourth-order valence-corrected chi connectivity index (χ4v) is 2.98. The molecule has 0 spiro atoms. The van der Waals surface area contributed by atoms with Gasteiger partial charge in [-0.05, 0) is 56.7 Å². The zero-order chi connectivity index (χ0) is 18.9. The third kappa shape index (κ3) is 7.68. The van der Waals surface area contributed by atoms with E-state index in [1.807, 2.05) is 31.2 Å². The van der Waals surface area contributed by atoms with Gasteiger partial charge in [-0.1, -0.05) is 26.0 Å². The van der Waals surface area contributed by atoms with Crippen molar-refractivity contribution in [1.29, 1.82) is 0 Å². The number of hydrogen-bond acceptors (Lipinski definition) is 2. The number of carbonyl (C=O) groups excluding carboxylic acids is 1. The molecule has 0 aromatic heterocycles. The Morgan fingerprint density at radius 3 is 2.41 bits per heavy atom. The predicted octanol–water partition coefficient (Wildman–Crippen LogP) is 4.03. The number of aliphatic imine (C=N–C) groups is 1. The Morgan fingerprint density at radius 1 is 1.22 bits per heavy atom. The van der Waals surface area contributed by atoms with Crippen molar-refractivity contribution in [3.05, 3.63) is 35.4 Å². The highest BCUT2D eigenvalue weighted by molar-refractivity contribution is 14.0. The summed E-state index contributed by atoms with van der Waals surface area (Å²) in [4.78, 5) is 19.3. The van der Waals surface area contributed by atoms with E-state index in [4.69, 9.17) is 4.99 Å². The molecule has 1 amide bonds. The molecule has 6 heteroatoms. The van der Waals surface area contributed by atoms with E-state index in [2.05, 4.69) is 36.3 Å². The number of amides is 1. The molecule has 152 valence electrons. The van der Waals surface area contributed by atoms with Crippen LogP contribution in [0.25, 0.3) is 0 Å². The molecule has 1 aliphatic heterocycles. The summed E-state index contributed by atoms with van der Waals surface area (Å²) < 4.78 is 0. The van der Waals surface area contributed by atoms with E-state index < -0.39 is 0 Å². The lowest BCUT2D eigenvalue weighted by molar-refractivity contribution is 0.0939. The summed E-state index contributed by atoms with van der Waals surface area (Å²) in [5.74, 6) is 1.80. The molecule has 1 aromatic carbocycles. The molecule has 1 heterocycles. The van der Waals surface area contributed by atoms with Crippen molar-refractivity contribution in [3.63, 3.8) is 0 Å². The summed E-state index contributed by atoms with van der Waals surface area (Å²) in [6, 6.07) is 7.96. The number of benzene rings is 1. The lowest BCUT2D eigenvalue weighted by Gasteiger charge is -2.33. The lowest BCUT2D eigenvalue weighted by Crippen LogP contribution is -2.45. The van der Waals surface area contributed by atoms with Crippen molar-refractivity contribution in [2.45, 2.75) is 59.5 Å². The van der Waals surface area contributed by atoms with Gasteiger partial charge in [0.1, 0.15) is 0 Å². The first kappa shape index (κ1) is 23.7. The van der Waals surface area contributed by atoms with Gasteiger partial charge in [0.25, 0.3) is 5.91 Å². The van der Waals surface area contributed by atoms with E-state index in [9.17, 15) is 4.79 Å². The molecule has 0 bridgehead atoms. The zero-order valence-electron chi connectivity index (χ0n) is 17.1. The monoisotopic (exact) mass is 486 g/mol. The number of halogens is 1. The summed E-state index contributed by atoms with van der Waals surface area (Å²) in [5, 5.41) is 6.40. The van der Waals surface area contributed by atoms with Crippen molar-refractivity contribution in [2.75, 3.05) is 19.6 Å². The molecule has 1 aliphatic rings. The van der Waals surface area contributed by atoms with Gasteiger partial charge in [-0.3, -0.25) is 4.79 Å². The van der Waals surface area contributed by atoms with Gasteiger partial charge in [-0.2, -0.15) is 0 Å². The lowest BCUT2D eigenvalue weighted by atomic mass is 10.00. The molecule has 2 N–H and O–H groups in total. The maximum atomic E-state index is 12.2. The van der Waals surface area contributed by atoms with E-state index in [1.165, 1.54) is 12.8 Å². The van der Waals surface area contributed by atoms with Crippen LogP contribution in [0.4, 0.5) is 0 Å². The fourth-order valence-electron chi connectivity index (χ4n) is 2.98. The second-order valence-electron chi connectivity index (χ2n) is 7.32. The van der Waals surface area contributed by atoms with Crippen LogP contribution in [0, 0.1) is 5.92 Å². The van der Waals surface area contributed by atoms with E-state index in [0.717, 1.165) is 43.5 Å². The minimum atomic E-state index is -0.00910. The van der Waals surface area contributed by atoms with Crippen LogP contribution in [0.2, 0.25) is 0 Å². The Kier molecular flexibility index (Phi) is 10.7. The summed E-state index contributed by atoms with van der Waals surface area (Å²) >= 11 is 0. The third-order valence-corrected chi connectivity index (χ3v) is 5.04. The van der Waals surface area contributed by atoms with Crippen molar-refractivity contribution in [1.82, 2.24) is 15.5 Å². The molecule has 0 radical (unpaired) electrons. The highest BCUT2D eigenvalue weighted by Gasteiger charge is 2.18. The van der Waals surface area contributed by atoms with Crippen LogP contribution in [0.15, 0.2) is 29.3 Å². The smallest absolute Gasteiger partial charge is 0.251 e. The van der Waals surface area contributed by atoms with Gasteiger partial charge in [0, 0.05) is 31.2 Å². The van der Waals surface area contributed by atoms with Crippen molar-refractivity contribution in [2.24, 2.45) is 10.9 Å². The van der Waals surface area contributed by atoms with Crippen LogP contribution < -0.4 is 10.6 Å². The fraction of sp³-hybridized carbons (Fsp3) is 0.619. The molecule has 27 heavy (non-hydrogen) atoms. The molecule has 1 fully saturated rings. The minimum absolute atomic E-state index is 0. The van der Waals surface area contributed by atoms with Gasteiger partial charge >= 0.3 is 0 Å². The van der Waals surface area contributed by atoms with Crippen LogP contribution in [-0.2, 0) is 6.54 Å². The number of carbonyl (C=O) groups is 1. The second-order valence-corrected chi connectivity index (χ2v) is 7.32. The number of nitrogens with zero attached hydrogens (tertiary/aromatic N) is 2. The van der Waals surface area contributed by atoms with E-state index in [0.29, 0.717) is 12.1 Å². The first-order valence-corrected chi connectivity index (χ1v) is 9.96.